The van der Waals surface area contributed by atoms with Gasteiger partial charge in [-0.15, -0.1) is 0 Å². The van der Waals surface area contributed by atoms with Crippen LogP contribution >= 0.6 is 0 Å². The number of rotatable bonds is 3. The highest BCUT2D eigenvalue weighted by Crippen LogP contribution is 2.43. The van der Waals surface area contributed by atoms with Crippen molar-refractivity contribution in [1.29, 1.82) is 0 Å². The summed E-state index contributed by atoms with van der Waals surface area (Å²) in [5.74, 6) is 2.99. The van der Waals surface area contributed by atoms with E-state index in [0.717, 1.165) is 54.7 Å². The average Bonchev–Trinajstić information content (AvgIpc) is 3.03. The van der Waals surface area contributed by atoms with Crippen molar-refractivity contribution in [2.75, 3.05) is 19.6 Å². The predicted molar refractivity (Wildman–Crippen MR) is 115 cm³/mol. The number of aromatic nitrogens is 2. The Bertz CT molecular complexity index is 874. The minimum Gasteiger partial charge on any atom is -0.306 e. The second-order valence-corrected chi connectivity index (χ2v) is 9.84. The zero-order valence-corrected chi connectivity index (χ0v) is 17.3. The highest BCUT2D eigenvalue weighted by atomic mass is 16.1. The van der Waals surface area contributed by atoms with E-state index in [-0.39, 0.29) is 5.69 Å². The third-order valence-corrected chi connectivity index (χ3v) is 7.96. The van der Waals surface area contributed by atoms with Crippen molar-refractivity contribution >= 4 is 11.0 Å². The first kappa shape index (κ1) is 18.5. The molecule has 3 atom stereocenters. The second kappa shape index (κ2) is 7.70. The summed E-state index contributed by atoms with van der Waals surface area (Å²) in [4.78, 5) is 18.3. The summed E-state index contributed by atoms with van der Waals surface area (Å²) in [6.45, 7) is 5.65. The number of piperidine rings is 1. The molecular weight excluding hydrogens is 346 g/mol. The van der Waals surface area contributed by atoms with Crippen LogP contribution in [-0.4, -0.2) is 34.1 Å². The molecule has 1 saturated heterocycles. The Kier molecular flexibility index (Phi) is 5.08. The lowest BCUT2D eigenvalue weighted by Gasteiger charge is -2.42. The Labute approximate surface area is 168 Å². The van der Waals surface area contributed by atoms with Gasteiger partial charge in [0, 0.05) is 25.7 Å². The summed E-state index contributed by atoms with van der Waals surface area (Å²) < 4.78 is 2.03. The summed E-state index contributed by atoms with van der Waals surface area (Å²) in [6.07, 6.45) is 12.5. The molecule has 4 nitrogen and oxygen atoms in total. The average molecular weight is 382 g/mol. The van der Waals surface area contributed by atoms with Gasteiger partial charge in [-0.2, -0.15) is 0 Å². The number of hydrogen-bond acceptors (Lipinski definition) is 2. The maximum Gasteiger partial charge on any atom is 0.326 e. The van der Waals surface area contributed by atoms with E-state index in [4.69, 9.17) is 0 Å². The lowest BCUT2D eigenvalue weighted by Crippen LogP contribution is -2.41. The van der Waals surface area contributed by atoms with Crippen LogP contribution in [0, 0.1) is 24.7 Å². The van der Waals surface area contributed by atoms with Gasteiger partial charge in [0.25, 0.3) is 0 Å². The Morgan fingerprint density at radius 1 is 1.00 bits per heavy atom. The smallest absolute Gasteiger partial charge is 0.306 e. The van der Waals surface area contributed by atoms with E-state index in [1.807, 2.05) is 4.57 Å². The van der Waals surface area contributed by atoms with Crippen LogP contribution in [0.2, 0.25) is 0 Å². The van der Waals surface area contributed by atoms with E-state index in [2.05, 4.69) is 35.0 Å². The molecule has 0 spiro atoms. The standard InChI is InChI=1S/C24H35N3O/c1-17-6-9-23-22(14-17)25-24(28)27(23)21-10-12-26(13-11-21)16-18-7-8-19-4-2-3-5-20(19)15-18/h6,9,14,18-21H,2-5,7-8,10-13,15-16H2,1H3,(H,25,28). The number of H-pyrrole nitrogens is 1. The molecule has 1 aliphatic heterocycles. The molecule has 4 heteroatoms. The van der Waals surface area contributed by atoms with Crippen molar-refractivity contribution < 1.29 is 0 Å². The molecule has 3 aliphatic rings. The molecule has 28 heavy (non-hydrogen) atoms. The first-order valence-electron chi connectivity index (χ1n) is 11.6. The SMILES string of the molecule is Cc1ccc2c(c1)[nH]c(=O)n2C1CCN(CC2CCC3CCCCC3C2)CC1. The molecule has 0 amide bonds. The second-order valence-electron chi connectivity index (χ2n) is 9.84. The Balaban J connectivity index is 1.20. The molecule has 0 radical (unpaired) electrons. The van der Waals surface area contributed by atoms with Crippen molar-refractivity contribution in [3.05, 3.63) is 34.2 Å². The van der Waals surface area contributed by atoms with E-state index in [0.29, 0.717) is 6.04 Å². The summed E-state index contributed by atoms with van der Waals surface area (Å²) in [5.41, 5.74) is 3.32. The van der Waals surface area contributed by atoms with Gasteiger partial charge in [-0.3, -0.25) is 4.57 Å². The Morgan fingerprint density at radius 3 is 2.61 bits per heavy atom. The molecule has 3 unspecified atom stereocenters. The van der Waals surface area contributed by atoms with Crippen molar-refractivity contribution in [3.63, 3.8) is 0 Å². The fourth-order valence-electron chi connectivity index (χ4n) is 6.47. The maximum atomic E-state index is 12.6. The van der Waals surface area contributed by atoms with Gasteiger partial charge in [0.05, 0.1) is 11.0 Å². The number of aryl methyl sites for hydroxylation is 1. The molecule has 5 rings (SSSR count). The van der Waals surface area contributed by atoms with Crippen LogP contribution in [0.25, 0.3) is 11.0 Å². The van der Waals surface area contributed by atoms with Crippen LogP contribution in [0.3, 0.4) is 0 Å². The predicted octanol–water partition coefficient (Wildman–Crippen LogP) is 4.88. The lowest BCUT2D eigenvalue weighted by molar-refractivity contribution is 0.0896. The zero-order chi connectivity index (χ0) is 19.1. The van der Waals surface area contributed by atoms with Crippen LogP contribution in [0.4, 0.5) is 0 Å². The molecule has 1 aromatic heterocycles. The van der Waals surface area contributed by atoms with Crippen LogP contribution in [-0.2, 0) is 0 Å². The zero-order valence-electron chi connectivity index (χ0n) is 17.3. The molecular formula is C24H35N3O. The van der Waals surface area contributed by atoms with Gasteiger partial charge in [-0.05, 0) is 74.5 Å². The van der Waals surface area contributed by atoms with Crippen LogP contribution < -0.4 is 5.69 Å². The molecule has 2 aliphatic carbocycles. The number of imidazole rings is 1. The summed E-state index contributed by atoms with van der Waals surface area (Å²) in [6, 6.07) is 6.65. The van der Waals surface area contributed by atoms with Crippen molar-refractivity contribution in [1.82, 2.24) is 14.5 Å². The van der Waals surface area contributed by atoms with E-state index >= 15 is 0 Å². The summed E-state index contributed by atoms with van der Waals surface area (Å²) in [5, 5.41) is 0. The largest absolute Gasteiger partial charge is 0.326 e. The van der Waals surface area contributed by atoms with E-state index in [9.17, 15) is 4.79 Å². The molecule has 2 saturated carbocycles. The van der Waals surface area contributed by atoms with Gasteiger partial charge >= 0.3 is 5.69 Å². The summed E-state index contributed by atoms with van der Waals surface area (Å²) in [7, 11) is 0. The Morgan fingerprint density at radius 2 is 1.79 bits per heavy atom. The third-order valence-electron chi connectivity index (χ3n) is 7.96. The van der Waals surface area contributed by atoms with Gasteiger partial charge < -0.3 is 9.88 Å². The minimum absolute atomic E-state index is 0.0645. The van der Waals surface area contributed by atoms with Gasteiger partial charge in [0.1, 0.15) is 0 Å². The summed E-state index contributed by atoms with van der Waals surface area (Å²) >= 11 is 0. The van der Waals surface area contributed by atoms with Crippen LogP contribution in [0.5, 0.6) is 0 Å². The molecule has 2 aromatic rings. The van der Waals surface area contributed by atoms with Crippen LogP contribution in [0.15, 0.2) is 23.0 Å². The van der Waals surface area contributed by atoms with E-state index < -0.39 is 0 Å². The van der Waals surface area contributed by atoms with E-state index in [1.165, 1.54) is 57.1 Å². The van der Waals surface area contributed by atoms with Crippen molar-refractivity contribution in [2.24, 2.45) is 17.8 Å². The first-order valence-corrected chi connectivity index (χ1v) is 11.6. The monoisotopic (exact) mass is 381 g/mol. The Hall–Kier alpha value is -1.55. The number of nitrogens with zero attached hydrogens (tertiary/aromatic N) is 2. The molecule has 0 bridgehead atoms. The fraction of sp³-hybridized carbons (Fsp3) is 0.708. The van der Waals surface area contributed by atoms with Crippen molar-refractivity contribution in [2.45, 2.75) is 70.8 Å². The molecule has 152 valence electrons. The molecule has 3 fully saturated rings. The number of benzene rings is 1. The number of fused-ring (bicyclic) bond motifs is 2. The lowest BCUT2D eigenvalue weighted by atomic mass is 9.67. The normalized spacial score (nSPS) is 29.8. The number of nitrogens with one attached hydrogen (secondary N) is 1. The molecule has 1 aromatic carbocycles. The third kappa shape index (κ3) is 3.56. The number of likely N-dealkylation sites (tertiary alicyclic amines) is 1. The molecule has 1 N–H and O–H groups in total. The van der Waals surface area contributed by atoms with Gasteiger partial charge in [0.15, 0.2) is 0 Å². The van der Waals surface area contributed by atoms with Gasteiger partial charge in [0.2, 0.25) is 0 Å². The topological polar surface area (TPSA) is 41.0 Å². The fourth-order valence-corrected chi connectivity index (χ4v) is 6.47. The van der Waals surface area contributed by atoms with Crippen molar-refractivity contribution in [3.8, 4) is 0 Å². The number of hydrogen-bond donors (Lipinski definition) is 1. The van der Waals surface area contributed by atoms with Gasteiger partial charge in [-0.1, -0.05) is 31.7 Å². The quantitative estimate of drug-likeness (QED) is 0.823. The van der Waals surface area contributed by atoms with E-state index in [1.54, 1.807) is 0 Å². The molecule has 2 heterocycles. The minimum atomic E-state index is 0.0645. The van der Waals surface area contributed by atoms with Crippen LogP contribution in [0.1, 0.15) is 69.4 Å². The van der Waals surface area contributed by atoms with Gasteiger partial charge in [-0.25, -0.2) is 4.79 Å². The number of aromatic amines is 1. The highest BCUT2D eigenvalue weighted by Gasteiger charge is 2.33. The first-order chi connectivity index (χ1) is 13.7. The highest BCUT2D eigenvalue weighted by molar-refractivity contribution is 5.76. The maximum absolute atomic E-state index is 12.6.